The number of aromatic hydroxyl groups is 3. The molecule has 3 N–H and O–H groups in total. The number of phenolic OH excluding ortho intramolecular Hbond substituents is 3. The molecule has 6 heteroatoms. The van der Waals surface area contributed by atoms with Crippen LogP contribution in [-0.4, -0.2) is 19.9 Å². The van der Waals surface area contributed by atoms with Crippen LogP contribution in [0.15, 0.2) is 36.4 Å². The molecule has 0 unspecified atom stereocenters. The molecular formula is C19H12ClNO4. The van der Waals surface area contributed by atoms with Crippen molar-refractivity contribution in [2.75, 3.05) is 0 Å². The number of benzene rings is 3. The summed E-state index contributed by atoms with van der Waals surface area (Å²) in [6, 6.07) is 10.9. The molecule has 5 rings (SSSR count). The van der Waals surface area contributed by atoms with Crippen LogP contribution in [0.2, 0.25) is 5.02 Å². The third kappa shape index (κ3) is 1.63. The van der Waals surface area contributed by atoms with Gasteiger partial charge in [0.2, 0.25) is 11.5 Å². The van der Waals surface area contributed by atoms with Gasteiger partial charge in [-0.3, -0.25) is 0 Å². The molecule has 0 bridgehead atoms. The Labute approximate surface area is 146 Å². The predicted molar refractivity (Wildman–Crippen MR) is 95.6 cm³/mol. The second kappa shape index (κ2) is 4.52. The van der Waals surface area contributed by atoms with Crippen LogP contribution in [0.3, 0.4) is 0 Å². The molecule has 2 heterocycles. The number of hydrogen-bond donors (Lipinski definition) is 3. The minimum Gasteiger partial charge on any atom is -0.504 e. The number of hydrogen-bond acceptors (Lipinski definition) is 4. The summed E-state index contributed by atoms with van der Waals surface area (Å²) in [6.07, 6.45) is 0. The third-order valence-corrected chi connectivity index (χ3v) is 4.92. The van der Waals surface area contributed by atoms with Crippen molar-refractivity contribution in [1.82, 2.24) is 4.57 Å². The van der Waals surface area contributed by atoms with Crippen LogP contribution in [0.1, 0.15) is 5.56 Å². The maximum atomic E-state index is 10.5. The molecule has 0 aliphatic carbocycles. The zero-order chi connectivity index (χ0) is 17.5. The van der Waals surface area contributed by atoms with E-state index in [4.69, 9.17) is 16.3 Å². The molecule has 1 aliphatic rings. The van der Waals surface area contributed by atoms with Gasteiger partial charge in [0, 0.05) is 10.4 Å². The van der Waals surface area contributed by atoms with E-state index in [9.17, 15) is 15.3 Å². The van der Waals surface area contributed by atoms with Crippen LogP contribution in [0, 0.1) is 6.92 Å². The van der Waals surface area contributed by atoms with E-state index in [1.54, 1.807) is 24.3 Å². The number of nitrogens with zero attached hydrogens (tertiary/aromatic N) is 1. The number of halogens is 1. The topological polar surface area (TPSA) is 74.9 Å². The monoisotopic (exact) mass is 353 g/mol. The number of rotatable bonds is 0. The second-order valence-corrected chi connectivity index (χ2v) is 6.56. The van der Waals surface area contributed by atoms with Gasteiger partial charge in [0.15, 0.2) is 17.2 Å². The van der Waals surface area contributed by atoms with E-state index < -0.39 is 11.5 Å². The van der Waals surface area contributed by atoms with Crippen molar-refractivity contribution in [2.24, 2.45) is 0 Å². The van der Waals surface area contributed by atoms with E-state index in [0.717, 1.165) is 16.8 Å². The first-order valence-corrected chi connectivity index (χ1v) is 8.05. The van der Waals surface area contributed by atoms with Gasteiger partial charge < -0.3 is 24.6 Å². The summed E-state index contributed by atoms with van der Waals surface area (Å²) in [5.74, 6) is -0.828. The van der Waals surface area contributed by atoms with Crippen molar-refractivity contribution in [3.63, 3.8) is 0 Å². The molecule has 1 aliphatic heterocycles. The normalized spacial score (nSPS) is 12.4. The summed E-state index contributed by atoms with van der Waals surface area (Å²) >= 11 is 6.20. The lowest BCUT2D eigenvalue weighted by Gasteiger charge is -2.23. The van der Waals surface area contributed by atoms with Gasteiger partial charge in [-0.1, -0.05) is 29.8 Å². The van der Waals surface area contributed by atoms with Crippen LogP contribution >= 0.6 is 11.6 Å². The summed E-state index contributed by atoms with van der Waals surface area (Å²) in [5, 5.41) is 32.6. The van der Waals surface area contributed by atoms with Crippen LogP contribution in [0.5, 0.6) is 28.7 Å². The molecule has 25 heavy (non-hydrogen) atoms. The molecule has 0 fully saturated rings. The van der Waals surface area contributed by atoms with E-state index in [0.29, 0.717) is 27.1 Å². The van der Waals surface area contributed by atoms with Gasteiger partial charge in [0.25, 0.3) is 0 Å². The average molecular weight is 354 g/mol. The number of fused-ring (bicyclic) bond motifs is 5. The summed E-state index contributed by atoms with van der Waals surface area (Å²) in [4.78, 5) is 0. The van der Waals surface area contributed by atoms with Crippen LogP contribution in [-0.2, 0) is 0 Å². The van der Waals surface area contributed by atoms with E-state index in [-0.39, 0.29) is 11.5 Å². The van der Waals surface area contributed by atoms with Crippen molar-refractivity contribution in [1.29, 1.82) is 0 Å². The van der Waals surface area contributed by atoms with Crippen molar-refractivity contribution in [3.8, 4) is 34.4 Å². The van der Waals surface area contributed by atoms with E-state index in [2.05, 4.69) is 0 Å². The average Bonchev–Trinajstić information content (AvgIpc) is 2.92. The molecule has 0 amide bonds. The fourth-order valence-electron chi connectivity index (χ4n) is 3.61. The smallest absolute Gasteiger partial charge is 0.207 e. The van der Waals surface area contributed by atoms with E-state index in [1.165, 1.54) is 0 Å². The van der Waals surface area contributed by atoms with Gasteiger partial charge in [-0.15, -0.1) is 0 Å². The molecule has 1 aromatic heterocycles. The van der Waals surface area contributed by atoms with Crippen molar-refractivity contribution < 1.29 is 20.1 Å². The van der Waals surface area contributed by atoms with Crippen LogP contribution in [0.25, 0.3) is 27.5 Å². The lowest BCUT2D eigenvalue weighted by Crippen LogP contribution is -2.06. The second-order valence-electron chi connectivity index (χ2n) is 6.12. The number of ether oxygens (including phenoxy) is 1. The minimum absolute atomic E-state index is 0.107. The van der Waals surface area contributed by atoms with Gasteiger partial charge in [0.05, 0.1) is 16.6 Å². The standard InChI is InChI=1S/C19H12ClNO4/c1-8-3-2-4-12-14(8)21-11-7-9(20)5-6-10(11)13-15(21)19(25-12)18(24)17(23)16(13)22/h2-7,22-24H,1H3. The highest BCUT2D eigenvalue weighted by Gasteiger charge is 2.31. The number of aryl methyl sites for hydroxylation is 1. The Morgan fingerprint density at radius 3 is 2.60 bits per heavy atom. The summed E-state index contributed by atoms with van der Waals surface area (Å²) in [6.45, 7) is 1.95. The SMILES string of the molecule is Cc1cccc2c1-n1c3cc(Cl)ccc3c3c(O)c(O)c(O)c(c31)O2. The molecule has 0 spiro atoms. The molecule has 4 aromatic rings. The largest absolute Gasteiger partial charge is 0.504 e. The number of para-hydroxylation sites is 1. The van der Waals surface area contributed by atoms with E-state index in [1.807, 2.05) is 23.6 Å². The highest BCUT2D eigenvalue weighted by atomic mass is 35.5. The number of aromatic nitrogens is 1. The van der Waals surface area contributed by atoms with Gasteiger partial charge in [-0.2, -0.15) is 0 Å². The Kier molecular flexibility index (Phi) is 2.59. The molecule has 0 atom stereocenters. The van der Waals surface area contributed by atoms with Crippen molar-refractivity contribution in [3.05, 3.63) is 47.0 Å². The fourth-order valence-corrected chi connectivity index (χ4v) is 3.77. The highest BCUT2D eigenvalue weighted by Crippen LogP contribution is 2.57. The molecule has 0 radical (unpaired) electrons. The maximum absolute atomic E-state index is 10.5. The van der Waals surface area contributed by atoms with Crippen LogP contribution in [0.4, 0.5) is 0 Å². The minimum atomic E-state index is -0.604. The van der Waals surface area contributed by atoms with Gasteiger partial charge in [-0.25, -0.2) is 0 Å². The molecule has 124 valence electrons. The summed E-state index contributed by atoms with van der Waals surface area (Å²) < 4.78 is 7.78. The predicted octanol–water partition coefficient (Wildman–Crippen LogP) is 4.97. The quantitative estimate of drug-likeness (QED) is 0.344. The first-order valence-electron chi connectivity index (χ1n) is 7.67. The summed E-state index contributed by atoms with van der Waals surface area (Å²) in [7, 11) is 0. The zero-order valence-electron chi connectivity index (χ0n) is 13.0. The molecule has 0 saturated carbocycles. The van der Waals surface area contributed by atoms with Gasteiger partial charge >= 0.3 is 0 Å². The van der Waals surface area contributed by atoms with E-state index >= 15 is 0 Å². The molecule has 5 nitrogen and oxygen atoms in total. The third-order valence-electron chi connectivity index (χ3n) is 4.68. The Morgan fingerprint density at radius 1 is 1.00 bits per heavy atom. The van der Waals surface area contributed by atoms with Crippen LogP contribution < -0.4 is 4.74 Å². The Hall–Kier alpha value is -3.05. The zero-order valence-corrected chi connectivity index (χ0v) is 13.8. The highest BCUT2D eigenvalue weighted by molar-refractivity contribution is 6.32. The van der Waals surface area contributed by atoms with Gasteiger partial charge in [0.1, 0.15) is 5.52 Å². The molecule has 0 saturated heterocycles. The lowest BCUT2D eigenvalue weighted by atomic mass is 10.1. The molecule has 3 aromatic carbocycles. The summed E-state index contributed by atoms with van der Waals surface area (Å²) in [5.41, 5.74) is 3.02. The van der Waals surface area contributed by atoms with Gasteiger partial charge in [-0.05, 0) is 30.7 Å². The Balaban J connectivity index is 2.16. The maximum Gasteiger partial charge on any atom is 0.207 e. The van der Waals surface area contributed by atoms with Crippen molar-refractivity contribution >= 4 is 33.4 Å². The molecular weight excluding hydrogens is 342 g/mol. The lowest BCUT2D eigenvalue weighted by molar-refractivity contribution is 0.352. The van der Waals surface area contributed by atoms with Crippen molar-refractivity contribution in [2.45, 2.75) is 6.92 Å². The number of phenols is 3. The fraction of sp³-hybridized carbons (Fsp3) is 0.0526. The first-order chi connectivity index (χ1) is 12.0. The Morgan fingerprint density at radius 2 is 1.80 bits per heavy atom. The first kappa shape index (κ1) is 14.3. The Bertz CT molecular complexity index is 1230.